The van der Waals surface area contributed by atoms with Crippen LogP contribution >= 0.6 is 0 Å². The Morgan fingerprint density at radius 3 is 2.47 bits per heavy atom. The van der Waals surface area contributed by atoms with Crippen molar-refractivity contribution in [2.45, 2.75) is 12.3 Å². The average molecular weight is 210 g/mol. The number of fused-ring (bicyclic) bond motifs is 1. The lowest BCUT2D eigenvalue weighted by atomic mass is 9.77. The van der Waals surface area contributed by atoms with Gasteiger partial charge in [-0.15, -0.1) is 0 Å². The van der Waals surface area contributed by atoms with Crippen LogP contribution < -0.4 is 9.47 Å². The summed E-state index contributed by atoms with van der Waals surface area (Å²) >= 11 is 0. The molecule has 1 atom stereocenters. The fraction of sp³-hybridized carbons (Fsp3) is 0.364. The van der Waals surface area contributed by atoms with Gasteiger partial charge in [0.2, 0.25) is 0 Å². The van der Waals surface area contributed by atoms with Crippen LogP contribution in [0.3, 0.4) is 0 Å². The molecule has 1 aromatic carbocycles. The Kier molecular flexibility index (Phi) is 2.26. The fourth-order valence-electron chi connectivity index (χ4n) is 1.88. The monoisotopic (exact) mass is 210 g/mol. The molecule has 1 aromatic rings. The minimum Gasteiger partial charge on any atom is -0.523 e. The van der Waals surface area contributed by atoms with E-state index in [4.69, 9.17) is 19.4 Å². The highest BCUT2D eigenvalue weighted by Gasteiger charge is 2.41. The zero-order chi connectivity index (χ0) is 11.0. The number of hydrogen-bond donors (Lipinski definition) is 0. The second kappa shape index (κ2) is 3.46. The third kappa shape index (κ3) is 1.42. The highest BCUT2D eigenvalue weighted by Crippen LogP contribution is 2.42. The lowest BCUT2D eigenvalue weighted by Gasteiger charge is -2.24. The van der Waals surface area contributed by atoms with E-state index in [0.717, 1.165) is 11.1 Å². The van der Waals surface area contributed by atoms with E-state index < -0.39 is 0 Å². The Balaban J connectivity index is 2.41. The number of methoxy groups -OCH3 is 2. The van der Waals surface area contributed by atoms with Gasteiger partial charge in [-0.05, 0) is 23.3 Å². The lowest BCUT2D eigenvalue weighted by molar-refractivity contribution is 0.351. The van der Waals surface area contributed by atoms with Gasteiger partial charge < -0.3 is 14.6 Å². The number of ether oxygens (including phenoxy) is 2. The average Bonchev–Trinajstić information content (AvgIpc) is 2.19. The number of rotatable bonds is 3. The van der Waals surface area contributed by atoms with Crippen LogP contribution in [0.1, 0.15) is 17.0 Å². The molecule has 0 fully saturated rings. The standard InChI is InChI=1S/C11H12O4/c1-14-9-4-6-3-8(11(12)13)7(6)5-10(9)15-2/h4-5,8H,3H2,1-2H3,(H,12,13)/p+2. The van der Waals surface area contributed by atoms with Crippen LogP contribution in [0.4, 0.5) is 0 Å². The zero-order valence-corrected chi connectivity index (χ0v) is 8.70. The highest BCUT2D eigenvalue weighted by molar-refractivity contribution is 5.81. The molecule has 1 aliphatic rings. The molecule has 0 spiro atoms. The minimum absolute atomic E-state index is 0.167. The van der Waals surface area contributed by atoms with Gasteiger partial charge in [0.25, 0.3) is 0 Å². The first-order valence-electron chi connectivity index (χ1n) is 4.69. The van der Waals surface area contributed by atoms with Gasteiger partial charge in [-0.2, -0.15) is 0 Å². The van der Waals surface area contributed by atoms with E-state index in [0.29, 0.717) is 17.9 Å². The van der Waals surface area contributed by atoms with E-state index in [1.54, 1.807) is 14.2 Å². The molecule has 0 saturated carbocycles. The molecule has 2 rings (SSSR count). The van der Waals surface area contributed by atoms with Crippen molar-refractivity contribution in [3.05, 3.63) is 23.3 Å². The molecule has 4 nitrogen and oxygen atoms in total. The quantitative estimate of drug-likeness (QED) is 0.685. The van der Waals surface area contributed by atoms with Crippen molar-refractivity contribution in [1.82, 2.24) is 0 Å². The van der Waals surface area contributed by atoms with Gasteiger partial charge >= 0.3 is 5.97 Å². The summed E-state index contributed by atoms with van der Waals surface area (Å²) in [5.74, 6) is 0.885. The van der Waals surface area contributed by atoms with Crippen LogP contribution in [-0.2, 0) is 6.42 Å². The predicted octanol–water partition coefficient (Wildman–Crippen LogP) is 0.571. The molecule has 0 aromatic heterocycles. The molecule has 0 heterocycles. The van der Waals surface area contributed by atoms with E-state index in [1.165, 1.54) is 0 Å². The molecule has 0 radical (unpaired) electrons. The summed E-state index contributed by atoms with van der Waals surface area (Å²) in [5, 5.41) is 7.19. The van der Waals surface area contributed by atoms with Crippen LogP contribution in [0.5, 0.6) is 11.5 Å². The van der Waals surface area contributed by atoms with Crippen molar-refractivity contribution < 1.29 is 19.4 Å². The van der Waals surface area contributed by atoms with Crippen LogP contribution in [0.2, 0.25) is 0 Å². The summed E-state index contributed by atoms with van der Waals surface area (Å²) in [6, 6.07) is 3.72. The Hall–Kier alpha value is -1.71. The Labute approximate surface area is 87.4 Å². The van der Waals surface area contributed by atoms with Gasteiger partial charge in [0.1, 0.15) is 0 Å². The molecule has 0 aliphatic heterocycles. The van der Waals surface area contributed by atoms with Gasteiger partial charge in [0.15, 0.2) is 17.4 Å². The molecule has 4 heteroatoms. The van der Waals surface area contributed by atoms with Crippen molar-refractivity contribution in [3.63, 3.8) is 0 Å². The summed E-state index contributed by atoms with van der Waals surface area (Å²) in [6.07, 6.45) is 0.699. The van der Waals surface area contributed by atoms with Crippen molar-refractivity contribution in [1.29, 1.82) is 0 Å². The second-order valence-electron chi connectivity index (χ2n) is 3.55. The maximum atomic E-state index is 9.12. The lowest BCUT2D eigenvalue weighted by Crippen LogP contribution is -2.25. The third-order valence-corrected chi connectivity index (χ3v) is 2.77. The third-order valence-electron chi connectivity index (χ3n) is 2.77. The summed E-state index contributed by atoms with van der Waals surface area (Å²) in [7, 11) is 3.16. The molecule has 3 N–H and O–H groups in total. The summed E-state index contributed by atoms with van der Waals surface area (Å²) in [5.41, 5.74) is 2.07. The SMILES string of the molecule is COc1cc2c(cc1OC)C(C(=[OH+])[OH2+])C2. The van der Waals surface area contributed by atoms with Crippen molar-refractivity contribution >= 4 is 5.97 Å². The van der Waals surface area contributed by atoms with Crippen LogP contribution in [0.15, 0.2) is 12.1 Å². The number of benzene rings is 1. The molecular weight excluding hydrogens is 196 g/mol. The number of hydrogen-bond acceptors (Lipinski definition) is 2. The Morgan fingerprint density at radius 2 is 1.93 bits per heavy atom. The summed E-state index contributed by atoms with van der Waals surface area (Å²) in [6.45, 7) is 0. The second-order valence-corrected chi connectivity index (χ2v) is 3.55. The molecule has 15 heavy (non-hydrogen) atoms. The smallest absolute Gasteiger partial charge is 0.523 e. The van der Waals surface area contributed by atoms with E-state index in [-0.39, 0.29) is 11.9 Å². The first-order valence-corrected chi connectivity index (χ1v) is 4.69. The van der Waals surface area contributed by atoms with E-state index in [1.807, 2.05) is 12.1 Å². The van der Waals surface area contributed by atoms with Gasteiger partial charge in [0, 0.05) is 6.42 Å². The largest absolute Gasteiger partial charge is 0.629 e. The van der Waals surface area contributed by atoms with Crippen molar-refractivity contribution in [3.8, 4) is 11.5 Å². The van der Waals surface area contributed by atoms with Gasteiger partial charge in [-0.3, -0.25) is 0 Å². The van der Waals surface area contributed by atoms with Crippen LogP contribution in [-0.4, -0.2) is 30.1 Å². The maximum Gasteiger partial charge on any atom is 0.629 e. The van der Waals surface area contributed by atoms with Crippen LogP contribution in [0, 0.1) is 0 Å². The molecule has 1 aliphatic carbocycles. The Morgan fingerprint density at radius 1 is 1.33 bits per heavy atom. The van der Waals surface area contributed by atoms with E-state index in [2.05, 4.69) is 0 Å². The van der Waals surface area contributed by atoms with Crippen LogP contribution in [0.25, 0.3) is 0 Å². The summed E-state index contributed by atoms with van der Waals surface area (Å²) < 4.78 is 10.3. The van der Waals surface area contributed by atoms with E-state index >= 15 is 0 Å². The predicted molar refractivity (Wildman–Crippen MR) is 56.5 cm³/mol. The van der Waals surface area contributed by atoms with Crippen molar-refractivity contribution in [2.24, 2.45) is 0 Å². The van der Waals surface area contributed by atoms with Gasteiger partial charge in [0.05, 0.1) is 14.2 Å². The highest BCUT2D eigenvalue weighted by atomic mass is 16.5. The van der Waals surface area contributed by atoms with Gasteiger partial charge in [-0.1, -0.05) is 0 Å². The summed E-state index contributed by atoms with van der Waals surface area (Å²) in [4.78, 5) is 9.12. The first-order chi connectivity index (χ1) is 7.17. The molecule has 0 bridgehead atoms. The van der Waals surface area contributed by atoms with Gasteiger partial charge in [-0.25, -0.2) is 4.79 Å². The fourth-order valence-corrected chi connectivity index (χ4v) is 1.88. The molecule has 1 unspecified atom stereocenters. The van der Waals surface area contributed by atoms with E-state index in [9.17, 15) is 0 Å². The topological polar surface area (TPSA) is 62.8 Å². The molecule has 80 valence electrons. The zero-order valence-electron chi connectivity index (χ0n) is 8.70. The Bertz CT molecular complexity index is 411. The maximum absolute atomic E-state index is 9.12. The number of carbonyl (C=O) groups excluding carboxylic acids is 1. The molecule has 0 amide bonds. The molecule has 0 saturated heterocycles. The minimum atomic E-state index is -0.283. The normalized spacial score (nSPS) is 17.6. The molecular formula is C11H14O4+2. The first kappa shape index (κ1) is 9.83. The van der Waals surface area contributed by atoms with Crippen molar-refractivity contribution in [2.75, 3.05) is 14.2 Å².